The molecule has 1 unspecified atom stereocenters. The number of carboxylic acids is 1. The minimum atomic E-state index is -4.89. The van der Waals surface area contributed by atoms with Crippen LogP contribution in [0.5, 0.6) is 0 Å². The number of aliphatic carboxylic acids is 1. The number of carbonyl (C=O) groups is 1. The van der Waals surface area contributed by atoms with E-state index in [1.165, 1.54) is 11.8 Å². The minimum Gasteiger partial charge on any atom is -0.480 e. The van der Waals surface area contributed by atoms with Gasteiger partial charge in [0.2, 0.25) is 0 Å². The van der Waals surface area contributed by atoms with Crippen molar-refractivity contribution in [1.29, 1.82) is 0 Å². The van der Waals surface area contributed by atoms with E-state index < -0.39 is 27.8 Å². The van der Waals surface area contributed by atoms with Crippen molar-refractivity contribution in [2.45, 2.75) is 18.2 Å². The predicted octanol–water partition coefficient (Wildman–Crippen LogP) is -0.382. The molecule has 0 aromatic heterocycles. The lowest BCUT2D eigenvalue weighted by Crippen LogP contribution is -2.43. The Morgan fingerprint density at radius 3 is 2.40 bits per heavy atom. The van der Waals surface area contributed by atoms with Crippen LogP contribution in [0.4, 0.5) is 8.78 Å². The highest BCUT2D eigenvalue weighted by Crippen LogP contribution is 2.05. The fourth-order valence-electron chi connectivity index (χ4n) is 0.718. The van der Waals surface area contributed by atoms with E-state index in [9.17, 15) is 22.0 Å². The second-order valence-corrected chi connectivity index (χ2v) is 4.28. The molecule has 1 atom stereocenters. The Bertz CT molecular complexity index is 305. The molecule has 0 rings (SSSR count). The second-order valence-electron chi connectivity index (χ2n) is 2.60. The molecule has 0 aromatic carbocycles. The standard InChI is InChI=1S/C6H11F2NO5S/c1-14-3-2-4(5(10)11)9-15(12,13)6(7)8/h4,6,9H,2-3H2,1H3,(H,10,11). The van der Waals surface area contributed by atoms with Crippen molar-refractivity contribution in [3.8, 4) is 0 Å². The van der Waals surface area contributed by atoms with E-state index in [1.807, 2.05) is 0 Å². The van der Waals surface area contributed by atoms with Gasteiger partial charge in [0.1, 0.15) is 6.04 Å². The molecule has 0 aliphatic rings. The van der Waals surface area contributed by atoms with Crippen LogP contribution in [0.25, 0.3) is 0 Å². The monoisotopic (exact) mass is 247 g/mol. The van der Waals surface area contributed by atoms with E-state index in [0.29, 0.717) is 0 Å². The minimum absolute atomic E-state index is 0.0529. The third-order valence-electron chi connectivity index (χ3n) is 1.45. The molecular weight excluding hydrogens is 236 g/mol. The summed E-state index contributed by atoms with van der Waals surface area (Å²) in [6.07, 6.45) is -0.224. The van der Waals surface area contributed by atoms with Crippen LogP contribution in [0, 0.1) is 0 Å². The van der Waals surface area contributed by atoms with Crippen LogP contribution in [-0.4, -0.2) is 45.0 Å². The summed E-state index contributed by atoms with van der Waals surface area (Å²) >= 11 is 0. The zero-order valence-corrected chi connectivity index (χ0v) is 8.63. The molecule has 15 heavy (non-hydrogen) atoms. The first kappa shape index (κ1) is 14.2. The number of rotatable bonds is 7. The summed E-state index contributed by atoms with van der Waals surface area (Å²) in [5.41, 5.74) is 0. The SMILES string of the molecule is COCCC(NS(=O)(=O)C(F)F)C(=O)O. The summed E-state index contributed by atoms with van der Waals surface area (Å²) in [6, 6.07) is -1.61. The molecule has 90 valence electrons. The van der Waals surface area contributed by atoms with Crippen molar-refractivity contribution < 1.29 is 31.8 Å². The van der Waals surface area contributed by atoms with E-state index in [0.717, 1.165) is 0 Å². The van der Waals surface area contributed by atoms with Gasteiger partial charge in [-0.15, -0.1) is 0 Å². The summed E-state index contributed by atoms with van der Waals surface area (Å²) in [5.74, 6) is -5.18. The molecule has 0 fully saturated rings. The highest BCUT2D eigenvalue weighted by Gasteiger charge is 2.30. The van der Waals surface area contributed by atoms with Crippen molar-refractivity contribution in [1.82, 2.24) is 4.72 Å². The van der Waals surface area contributed by atoms with Crippen LogP contribution in [0.2, 0.25) is 0 Å². The van der Waals surface area contributed by atoms with E-state index in [1.54, 1.807) is 0 Å². The molecule has 0 amide bonds. The number of halogens is 2. The van der Waals surface area contributed by atoms with E-state index in [4.69, 9.17) is 5.11 Å². The molecule has 0 heterocycles. The van der Waals surface area contributed by atoms with E-state index >= 15 is 0 Å². The van der Waals surface area contributed by atoms with E-state index in [2.05, 4.69) is 4.74 Å². The highest BCUT2D eigenvalue weighted by atomic mass is 32.2. The Morgan fingerprint density at radius 1 is 1.53 bits per heavy atom. The fraction of sp³-hybridized carbons (Fsp3) is 0.833. The van der Waals surface area contributed by atoms with Crippen LogP contribution in [0.3, 0.4) is 0 Å². The number of methoxy groups -OCH3 is 1. The molecular formula is C6H11F2NO5S. The molecule has 0 bridgehead atoms. The summed E-state index contributed by atoms with van der Waals surface area (Å²) in [6.45, 7) is -0.0529. The van der Waals surface area contributed by atoms with Crippen LogP contribution < -0.4 is 4.72 Å². The van der Waals surface area contributed by atoms with Crippen LogP contribution in [0.15, 0.2) is 0 Å². The third kappa shape index (κ3) is 5.00. The van der Waals surface area contributed by atoms with Crippen molar-refractivity contribution in [3.05, 3.63) is 0 Å². The highest BCUT2D eigenvalue weighted by molar-refractivity contribution is 7.89. The zero-order valence-electron chi connectivity index (χ0n) is 7.81. The Hall–Kier alpha value is -0.800. The molecule has 0 radical (unpaired) electrons. The number of carboxylic acid groups (broad SMARTS) is 1. The van der Waals surface area contributed by atoms with Crippen molar-refractivity contribution in [3.63, 3.8) is 0 Å². The van der Waals surface area contributed by atoms with Gasteiger partial charge in [-0.05, 0) is 6.42 Å². The van der Waals surface area contributed by atoms with Crippen LogP contribution in [-0.2, 0) is 19.6 Å². The molecule has 0 aliphatic carbocycles. The van der Waals surface area contributed by atoms with Crippen LogP contribution >= 0.6 is 0 Å². The second kappa shape index (κ2) is 5.93. The smallest absolute Gasteiger partial charge is 0.350 e. The first-order valence-corrected chi connectivity index (χ1v) is 5.37. The Morgan fingerprint density at radius 2 is 2.07 bits per heavy atom. The Balaban J connectivity index is 4.48. The maximum atomic E-state index is 11.9. The molecule has 0 aliphatic heterocycles. The van der Waals surface area contributed by atoms with Gasteiger partial charge in [0.25, 0.3) is 10.0 Å². The number of sulfonamides is 1. The maximum Gasteiger partial charge on any atom is 0.350 e. The normalized spacial score (nSPS) is 14.1. The molecule has 2 N–H and O–H groups in total. The van der Waals surface area contributed by atoms with Crippen molar-refractivity contribution in [2.75, 3.05) is 13.7 Å². The molecule has 0 spiro atoms. The maximum absolute atomic E-state index is 11.9. The molecule has 9 heteroatoms. The van der Waals surface area contributed by atoms with Crippen molar-refractivity contribution in [2.24, 2.45) is 0 Å². The summed E-state index contributed by atoms with van der Waals surface area (Å²) in [7, 11) is -3.61. The average Bonchev–Trinajstić information content (AvgIpc) is 2.11. The Kier molecular flexibility index (Phi) is 5.61. The first-order valence-electron chi connectivity index (χ1n) is 3.82. The quantitative estimate of drug-likeness (QED) is 0.639. The van der Waals surface area contributed by atoms with Gasteiger partial charge in [-0.3, -0.25) is 4.79 Å². The lowest BCUT2D eigenvalue weighted by atomic mass is 10.2. The van der Waals surface area contributed by atoms with Gasteiger partial charge >= 0.3 is 11.7 Å². The largest absolute Gasteiger partial charge is 0.480 e. The lowest BCUT2D eigenvalue weighted by Gasteiger charge is -2.13. The number of hydrogen-bond acceptors (Lipinski definition) is 4. The number of nitrogens with one attached hydrogen (secondary N) is 1. The molecule has 0 aromatic rings. The summed E-state index contributed by atoms with van der Waals surface area (Å²) < 4.78 is 50.9. The predicted molar refractivity (Wildman–Crippen MR) is 46.0 cm³/mol. The Labute approximate surface area is 85.3 Å². The van der Waals surface area contributed by atoms with Crippen molar-refractivity contribution >= 4 is 16.0 Å². The van der Waals surface area contributed by atoms with Gasteiger partial charge in [-0.1, -0.05) is 0 Å². The molecule has 0 saturated carbocycles. The van der Waals surface area contributed by atoms with Gasteiger partial charge in [-0.2, -0.15) is 13.5 Å². The molecule has 0 saturated heterocycles. The first-order chi connectivity index (χ1) is 6.81. The van der Waals surface area contributed by atoms with Gasteiger partial charge in [0.05, 0.1) is 0 Å². The van der Waals surface area contributed by atoms with Gasteiger partial charge in [0.15, 0.2) is 0 Å². The van der Waals surface area contributed by atoms with Gasteiger partial charge in [0, 0.05) is 13.7 Å². The molecule has 6 nitrogen and oxygen atoms in total. The zero-order chi connectivity index (χ0) is 12.1. The van der Waals surface area contributed by atoms with E-state index in [-0.39, 0.29) is 13.0 Å². The average molecular weight is 247 g/mol. The third-order valence-corrected chi connectivity index (χ3v) is 2.53. The van der Waals surface area contributed by atoms with Gasteiger partial charge < -0.3 is 9.84 Å². The van der Waals surface area contributed by atoms with Gasteiger partial charge in [-0.25, -0.2) is 8.42 Å². The summed E-state index contributed by atoms with van der Waals surface area (Å²) in [5, 5.41) is 8.52. The number of hydrogen-bond donors (Lipinski definition) is 2. The number of alkyl halides is 2. The number of ether oxygens (including phenoxy) is 1. The topological polar surface area (TPSA) is 92.7 Å². The fourth-order valence-corrected chi connectivity index (χ4v) is 1.44. The van der Waals surface area contributed by atoms with Crippen LogP contribution in [0.1, 0.15) is 6.42 Å². The summed E-state index contributed by atoms with van der Waals surface area (Å²) in [4.78, 5) is 10.5. The lowest BCUT2D eigenvalue weighted by molar-refractivity contribution is -0.139.